The van der Waals surface area contributed by atoms with Crippen LogP contribution < -0.4 is 4.74 Å². The zero-order valence-electron chi connectivity index (χ0n) is 10.3. The molecule has 0 N–H and O–H groups in total. The lowest BCUT2D eigenvalue weighted by Crippen LogP contribution is -2.02. The molecule has 0 unspecified atom stereocenters. The van der Waals surface area contributed by atoms with Crippen molar-refractivity contribution in [3.05, 3.63) is 35.9 Å². The van der Waals surface area contributed by atoms with Crippen LogP contribution in [0.5, 0.6) is 5.75 Å². The molecule has 0 radical (unpaired) electrons. The first-order valence-electron chi connectivity index (χ1n) is 5.72. The lowest BCUT2D eigenvalue weighted by Gasteiger charge is -2.00. The van der Waals surface area contributed by atoms with Crippen LogP contribution in [0.3, 0.4) is 0 Å². The fourth-order valence-corrected chi connectivity index (χ4v) is 1.40. The molecule has 1 aromatic carbocycles. The number of hydrogen-bond donors (Lipinski definition) is 0. The summed E-state index contributed by atoms with van der Waals surface area (Å²) in [5, 5.41) is 0. The van der Waals surface area contributed by atoms with Crippen molar-refractivity contribution in [3.8, 4) is 5.75 Å². The monoisotopic (exact) mass is 234 g/mol. The zero-order chi connectivity index (χ0) is 12.5. The Hall–Kier alpha value is -1.77. The average Bonchev–Trinajstić information content (AvgIpc) is 2.35. The van der Waals surface area contributed by atoms with Gasteiger partial charge in [0.05, 0.1) is 13.7 Å². The highest BCUT2D eigenvalue weighted by molar-refractivity contribution is 5.69. The minimum Gasteiger partial charge on any atom is -0.497 e. The van der Waals surface area contributed by atoms with E-state index >= 15 is 0 Å². The molecule has 0 saturated heterocycles. The summed E-state index contributed by atoms with van der Waals surface area (Å²) >= 11 is 0. The fraction of sp³-hybridized carbons (Fsp3) is 0.357. The topological polar surface area (TPSA) is 35.5 Å². The molecule has 0 aliphatic heterocycles. The summed E-state index contributed by atoms with van der Waals surface area (Å²) in [6.45, 7) is 2.25. The van der Waals surface area contributed by atoms with Gasteiger partial charge in [0, 0.05) is 6.42 Å². The average molecular weight is 234 g/mol. The quantitative estimate of drug-likeness (QED) is 0.710. The van der Waals surface area contributed by atoms with Crippen molar-refractivity contribution < 1.29 is 14.3 Å². The molecule has 0 heterocycles. The van der Waals surface area contributed by atoms with Crippen LogP contribution in [0.1, 0.15) is 25.3 Å². The van der Waals surface area contributed by atoms with Crippen molar-refractivity contribution in [3.63, 3.8) is 0 Å². The molecule has 0 atom stereocenters. The second-order valence-electron chi connectivity index (χ2n) is 3.52. The molecule has 0 fully saturated rings. The number of methoxy groups -OCH3 is 1. The Morgan fingerprint density at radius 2 is 2.24 bits per heavy atom. The van der Waals surface area contributed by atoms with Gasteiger partial charge in [-0.3, -0.25) is 4.79 Å². The Morgan fingerprint density at radius 1 is 1.41 bits per heavy atom. The first-order chi connectivity index (χ1) is 8.26. The molecule has 3 nitrogen and oxygen atoms in total. The van der Waals surface area contributed by atoms with Crippen LogP contribution in [-0.2, 0) is 9.53 Å². The van der Waals surface area contributed by atoms with Crippen LogP contribution in [0.15, 0.2) is 30.3 Å². The molecule has 0 amide bonds. The molecule has 0 aliphatic rings. The number of ether oxygens (including phenoxy) is 2. The number of benzene rings is 1. The number of hydrogen-bond acceptors (Lipinski definition) is 3. The minimum absolute atomic E-state index is 0.150. The largest absolute Gasteiger partial charge is 0.497 e. The summed E-state index contributed by atoms with van der Waals surface area (Å²) in [6.07, 6.45) is 5.05. The minimum atomic E-state index is -0.150. The first-order valence-corrected chi connectivity index (χ1v) is 5.72. The number of allylic oxidation sites excluding steroid dienone is 1. The molecule has 0 aliphatic carbocycles. The van der Waals surface area contributed by atoms with Crippen LogP contribution >= 0.6 is 0 Å². The summed E-state index contributed by atoms with van der Waals surface area (Å²) < 4.78 is 9.96. The standard InChI is InChI=1S/C14H18O3/c1-3-17-14(15)10-5-4-7-12-8-6-9-13(11-12)16-2/h4,6-9,11H,3,5,10H2,1-2H3. The summed E-state index contributed by atoms with van der Waals surface area (Å²) in [5.74, 6) is 0.681. The molecule has 1 rings (SSSR count). The summed E-state index contributed by atoms with van der Waals surface area (Å²) in [4.78, 5) is 11.1. The van der Waals surface area contributed by atoms with Crippen molar-refractivity contribution in [2.75, 3.05) is 13.7 Å². The van der Waals surface area contributed by atoms with Crippen molar-refractivity contribution >= 4 is 12.0 Å². The second-order valence-corrected chi connectivity index (χ2v) is 3.52. The van der Waals surface area contributed by atoms with E-state index in [1.165, 1.54) is 0 Å². The molecule has 92 valence electrons. The van der Waals surface area contributed by atoms with Crippen molar-refractivity contribution in [2.24, 2.45) is 0 Å². The molecule has 1 aromatic rings. The Morgan fingerprint density at radius 3 is 2.94 bits per heavy atom. The molecule has 3 heteroatoms. The van der Waals surface area contributed by atoms with E-state index in [0.717, 1.165) is 11.3 Å². The molecular formula is C14H18O3. The van der Waals surface area contributed by atoms with Crippen molar-refractivity contribution in [1.82, 2.24) is 0 Å². The SMILES string of the molecule is CCOC(=O)CCC=Cc1cccc(OC)c1. The third-order valence-electron chi connectivity index (χ3n) is 2.22. The third-order valence-corrected chi connectivity index (χ3v) is 2.22. The Kier molecular flexibility index (Phi) is 5.86. The Labute approximate surface area is 102 Å². The lowest BCUT2D eigenvalue weighted by molar-refractivity contribution is -0.142. The maximum atomic E-state index is 11.1. The van der Waals surface area contributed by atoms with Crippen LogP contribution in [-0.4, -0.2) is 19.7 Å². The van der Waals surface area contributed by atoms with E-state index in [1.54, 1.807) is 7.11 Å². The van der Waals surface area contributed by atoms with Crippen LogP contribution in [0, 0.1) is 0 Å². The van der Waals surface area contributed by atoms with Crippen LogP contribution in [0.4, 0.5) is 0 Å². The predicted octanol–water partition coefficient (Wildman–Crippen LogP) is 3.05. The van der Waals surface area contributed by atoms with Crippen molar-refractivity contribution in [1.29, 1.82) is 0 Å². The number of carbonyl (C=O) groups excluding carboxylic acids is 1. The smallest absolute Gasteiger partial charge is 0.306 e. The van der Waals surface area contributed by atoms with E-state index in [2.05, 4.69) is 0 Å². The summed E-state index contributed by atoms with van der Waals surface area (Å²) in [5.41, 5.74) is 1.06. The molecule has 0 bridgehead atoms. The highest BCUT2D eigenvalue weighted by Crippen LogP contribution is 2.14. The third kappa shape index (κ3) is 5.20. The van der Waals surface area contributed by atoms with E-state index in [9.17, 15) is 4.79 Å². The molecular weight excluding hydrogens is 216 g/mol. The number of rotatable bonds is 6. The van der Waals surface area contributed by atoms with Gasteiger partial charge in [-0.05, 0) is 31.0 Å². The molecule has 0 spiro atoms. The van der Waals surface area contributed by atoms with Gasteiger partial charge >= 0.3 is 5.97 Å². The number of carbonyl (C=O) groups is 1. The normalized spacial score (nSPS) is 10.5. The van der Waals surface area contributed by atoms with Gasteiger partial charge in [-0.1, -0.05) is 24.3 Å². The van der Waals surface area contributed by atoms with Gasteiger partial charge in [0.15, 0.2) is 0 Å². The van der Waals surface area contributed by atoms with E-state index in [4.69, 9.17) is 9.47 Å². The molecule has 0 aromatic heterocycles. The van der Waals surface area contributed by atoms with E-state index in [-0.39, 0.29) is 5.97 Å². The Bertz CT molecular complexity index is 383. The maximum absolute atomic E-state index is 11.1. The maximum Gasteiger partial charge on any atom is 0.306 e. The first kappa shape index (κ1) is 13.3. The van der Waals surface area contributed by atoms with Crippen LogP contribution in [0.25, 0.3) is 6.08 Å². The fourth-order valence-electron chi connectivity index (χ4n) is 1.40. The van der Waals surface area contributed by atoms with Gasteiger partial charge in [0.25, 0.3) is 0 Å². The highest BCUT2D eigenvalue weighted by atomic mass is 16.5. The van der Waals surface area contributed by atoms with Gasteiger partial charge in [-0.2, -0.15) is 0 Å². The van der Waals surface area contributed by atoms with E-state index in [0.29, 0.717) is 19.4 Å². The van der Waals surface area contributed by atoms with E-state index < -0.39 is 0 Å². The number of esters is 1. The zero-order valence-corrected chi connectivity index (χ0v) is 10.3. The summed E-state index contributed by atoms with van der Waals surface area (Å²) in [6, 6.07) is 7.77. The van der Waals surface area contributed by atoms with Gasteiger partial charge in [0.1, 0.15) is 5.75 Å². The second kappa shape index (κ2) is 7.49. The highest BCUT2D eigenvalue weighted by Gasteiger charge is 1.98. The van der Waals surface area contributed by atoms with Gasteiger partial charge in [-0.15, -0.1) is 0 Å². The van der Waals surface area contributed by atoms with E-state index in [1.807, 2.05) is 43.3 Å². The van der Waals surface area contributed by atoms with Gasteiger partial charge in [-0.25, -0.2) is 0 Å². The molecule has 17 heavy (non-hydrogen) atoms. The predicted molar refractivity (Wildman–Crippen MR) is 67.9 cm³/mol. The lowest BCUT2D eigenvalue weighted by atomic mass is 10.2. The Balaban J connectivity index is 2.40. The van der Waals surface area contributed by atoms with Gasteiger partial charge < -0.3 is 9.47 Å². The van der Waals surface area contributed by atoms with Crippen LogP contribution in [0.2, 0.25) is 0 Å². The van der Waals surface area contributed by atoms with Crippen molar-refractivity contribution in [2.45, 2.75) is 19.8 Å². The van der Waals surface area contributed by atoms with Gasteiger partial charge in [0.2, 0.25) is 0 Å². The summed E-state index contributed by atoms with van der Waals surface area (Å²) in [7, 11) is 1.64. The molecule has 0 saturated carbocycles.